The summed E-state index contributed by atoms with van der Waals surface area (Å²) < 4.78 is 0. The standard InChI is InChI=1S/C.4NO3/c;4*2-1(3)4/q+4;4*-1. The van der Waals surface area contributed by atoms with E-state index in [1.807, 2.05) is 0 Å². The van der Waals surface area contributed by atoms with Crippen LogP contribution in [0.1, 0.15) is 0 Å². The van der Waals surface area contributed by atoms with Gasteiger partial charge in [0.05, 0.1) is 20.3 Å². The molecule has 0 N–H and O–H groups in total. The van der Waals surface area contributed by atoms with Gasteiger partial charge in [-0.15, -0.1) is 0 Å². The van der Waals surface area contributed by atoms with E-state index in [1.165, 1.54) is 0 Å². The van der Waals surface area contributed by atoms with E-state index in [9.17, 15) is 0 Å². The Kier molecular flexibility index (Phi) is 39.5. The largest absolute Gasteiger partial charge is 4.00 e. The molecule has 0 aromatic heterocycles. The molecule has 16 heteroatoms. The third-order valence-corrected chi connectivity index (χ3v) is 0. The van der Waals surface area contributed by atoms with Crippen molar-refractivity contribution >= 4 is 0 Å². The summed E-state index contributed by atoms with van der Waals surface area (Å²) in [6.45, 7) is 0. The number of nitrogens with zero attached hydrogens (tertiary/aromatic N) is 4. The molecule has 0 bridgehead atoms. The summed E-state index contributed by atoms with van der Waals surface area (Å²) >= 11 is 0. The first-order valence-corrected chi connectivity index (χ1v) is 2.19. The second-order valence-electron chi connectivity index (χ2n) is 0.894. The summed E-state index contributed by atoms with van der Waals surface area (Å²) in [7, 11) is 0. The summed E-state index contributed by atoms with van der Waals surface area (Å²) in [5.74, 6) is 0. The predicted molar refractivity (Wildman–Crippen MR) is 44.7 cm³/mol. The molecule has 0 aliphatic carbocycles. The topological polar surface area (TPSA) is 265 Å². The molecule has 16 nitrogen and oxygen atoms in total. The fourth-order valence-corrected chi connectivity index (χ4v) is 0. The van der Waals surface area contributed by atoms with Crippen LogP contribution in [-0.4, -0.2) is 20.3 Å². The second kappa shape index (κ2) is 23.0. The SMILES string of the molecule is O=[N+]([O-])[O-].O=[N+]([O-])[O-].O=[N+]([O-])[O-].O=[N+]([O-])[O-].[C+4]. The van der Waals surface area contributed by atoms with Crippen molar-refractivity contribution in [2.45, 2.75) is 0 Å². The van der Waals surface area contributed by atoms with Crippen LogP contribution in [0.4, 0.5) is 0 Å². The van der Waals surface area contributed by atoms with Crippen molar-refractivity contribution in [3.05, 3.63) is 68.7 Å². The van der Waals surface area contributed by atoms with E-state index in [-0.39, 0.29) is 7.43 Å². The molecule has 0 saturated carbocycles. The molecule has 0 radical (unpaired) electrons. The first-order chi connectivity index (χ1) is 6.93. The molecule has 0 aliphatic rings. The van der Waals surface area contributed by atoms with Crippen LogP contribution in [0.25, 0.3) is 0 Å². The van der Waals surface area contributed by atoms with Crippen molar-refractivity contribution in [3.8, 4) is 0 Å². The molecule has 0 aromatic carbocycles. The van der Waals surface area contributed by atoms with Crippen molar-refractivity contribution in [2.24, 2.45) is 0 Å². The fourth-order valence-electron chi connectivity index (χ4n) is 0. The maximum absolute atomic E-state index is 8.25. The van der Waals surface area contributed by atoms with Crippen LogP contribution in [-0.2, 0) is 0 Å². The first kappa shape index (κ1) is 29.2. The molecule has 96 valence electrons. The van der Waals surface area contributed by atoms with E-state index >= 15 is 0 Å². The van der Waals surface area contributed by atoms with Crippen molar-refractivity contribution in [3.63, 3.8) is 0 Å². The normalized spacial score (nSPS) is 5.65. The van der Waals surface area contributed by atoms with E-state index < -0.39 is 20.3 Å². The minimum Gasteiger partial charge on any atom is -0.356 e. The molecule has 0 fully saturated rings. The molecule has 0 rings (SSSR count). The summed E-state index contributed by atoms with van der Waals surface area (Å²) in [4.78, 5) is 33.0. The summed E-state index contributed by atoms with van der Waals surface area (Å²) in [5, 5.41) is 59.0. The zero-order valence-corrected chi connectivity index (χ0v) is 7.19. The van der Waals surface area contributed by atoms with E-state index in [4.69, 9.17) is 61.3 Å². The van der Waals surface area contributed by atoms with Gasteiger partial charge in [0.2, 0.25) is 0 Å². The van der Waals surface area contributed by atoms with Crippen molar-refractivity contribution in [2.75, 3.05) is 0 Å². The van der Waals surface area contributed by atoms with E-state index in [1.54, 1.807) is 0 Å². The number of hydrogen-bond donors (Lipinski definition) is 0. The van der Waals surface area contributed by atoms with Crippen LogP contribution < -0.4 is 0 Å². The van der Waals surface area contributed by atoms with Gasteiger partial charge in [0.25, 0.3) is 0 Å². The van der Waals surface area contributed by atoms with Crippen LogP contribution in [0, 0.1) is 68.7 Å². The molecular weight excluding hydrogens is 260 g/mol. The van der Waals surface area contributed by atoms with Crippen molar-refractivity contribution < 1.29 is 20.3 Å². The first-order valence-electron chi connectivity index (χ1n) is 2.19. The monoisotopic (exact) mass is 260 g/mol. The molecule has 0 atom stereocenters. The Balaban J connectivity index is -0.0000000369. The van der Waals surface area contributed by atoms with E-state index in [0.717, 1.165) is 0 Å². The van der Waals surface area contributed by atoms with Gasteiger partial charge in [0.15, 0.2) is 0 Å². The van der Waals surface area contributed by atoms with Gasteiger partial charge in [-0.1, -0.05) is 0 Å². The van der Waals surface area contributed by atoms with Crippen molar-refractivity contribution in [1.82, 2.24) is 0 Å². The second-order valence-corrected chi connectivity index (χ2v) is 0.894. The Morgan fingerprint density at radius 1 is 0.412 bits per heavy atom. The zero-order chi connectivity index (χ0) is 14.3. The van der Waals surface area contributed by atoms with Gasteiger partial charge in [-0.25, -0.2) is 0 Å². The minimum absolute atomic E-state index is 0. The average Bonchev–Trinajstić information content (AvgIpc) is 1.76. The van der Waals surface area contributed by atoms with Gasteiger partial charge < -0.3 is 61.3 Å². The Morgan fingerprint density at radius 2 is 0.412 bits per heavy atom. The Bertz CT molecular complexity index is 159. The molecule has 0 amide bonds. The van der Waals surface area contributed by atoms with Crippen LogP contribution in [0.5, 0.6) is 0 Å². The maximum Gasteiger partial charge on any atom is 4.00 e. The minimum atomic E-state index is -1.75. The third kappa shape index (κ3) is 146. The zero-order valence-electron chi connectivity index (χ0n) is 7.19. The summed E-state index contributed by atoms with van der Waals surface area (Å²) in [6, 6.07) is 0. The van der Waals surface area contributed by atoms with Crippen LogP contribution >= 0.6 is 0 Å². The van der Waals surface area contributed by atoms with Crippen molar-refractivity contribution in [1.29, 1.82) is 0 Å². The molecule has 0 saturated heterocycles. The van der Waals surface area contributed by atoms with E-state index in [0.29, 0.717) is 0 Å². The Morgan fingerprint density at radius 3 is 0.412 bits per heavy atom. The van der Waals surface area contributed by atoms with Crippen LogP contribution in [0.2, 0.25) is 0 Å². The predicted octanol–water partition coefficient (Wildman–Crippen LogP) is -0.875. The fraction of sp³-hybridized carbons (Fsp3) is 0. The summed E-state index contributed by atoms with van der Waals surface area (Å²) in [6.07, 6.45) is 0. The van der Waals surface area contributed by atoms with Crippen LogP contribution in [0.15, 0.2) is 0 Å². The van der Waals surface area contributed by atoms with Gasteiger partial charge >= 0.3 is 7.43 Å². The Labute approximate surface area is 90.4 Å². The van der Waals surface area contributed by atoms with Gasteiger partial charge in [-0.3, -0.25) is 0 Å². The van der Waals surface area contributed by atoms with Gasteiger partial charge in [0, 0.05) is 0 Å². The quantitative estimate of drug-likeness (QED) is 0.379. The Hall–Kier alpha value is -3.20. The average molecular weight is 260 g/mol. The molecule has 0 spiro atoms. The number of hydrogen-bond acceptors (Lipinski definition) is 12. The summed E-state index contributed by atoms with van der Waals surface area (Å²) in [5.41, 5.74) is 0. The van der Waals surface area contributed by atoms with Gasteiger partial charge in [-0.05, 0) is 0 Å². The van der Waals surface area contributed by atoms with Gasteiger partial charge in [0.1, 0.15) is 0 Å². The van der Waals surface area contributed by atoms with E-state index in [2.05, 4.69) is 0 Å². The maximum atomic E-state index is 8.25. The number of rotatable bonds is 0. The molecule has 17 heavy (non-hydrogen) atoms. The third-order valence-electron chi connectivity index (χ3n) is 0. The molecular formula is CN4O12. The molecule has 0 aromatic rings. The molecule has 0 aliphatic heterocycles. The van der Waals surface area contributed by atoms with Gasteiger partial charge in [-0.2, -0.15) is 0 Å². The molecule has 0 unspecified atom stereocenters. The smallest absolute Gasteiger partial charge is 0.356 e. The molecule has 0 heterocycles. The van der Waals surface area contributed by atoms with Crippen LogP contribution in [0.3, 0.4) is 0 Å².